The van der Waals surface area contributed by atoms with Crippen LogP contribution in [0.25, 0.3) is 0 Å². The van der Waals surface area contributed by atoms with Gasteiger partial charge in [0.1, 0.15) is 0 Å². The molecule has 1 aromatic rings. The third kappa shape index (κ3) is 2.41. The van der Waals surface area contributed by atoms with Gasteiger partial charge in [0.15, 0.2) is 0 Å². The standard InChI is InChI=1S/C10H11BrClNO/c11-9-2-1-7(12)5-10(9)13-8-3-4-14-6-8/h1-2,5,8,13H,3-4,6H2. The zero-order valence-corrected chi connectivity index (χ0v) is 9.94. The molecule has 1 aliphatic rings. The van der Waals surface area contributed by atoms with E-state index in [1.54, 1.807) is 0 Å². The highest BCUT2D eigenvalue weighted by molar-refractivity contribution is 9.10. The third-order valence-electron chi connectivity index (χ3n) is 2.22. The van der Waals surface area contributed by atoms with Gasteiger partial charge in [-0.15, -0.1) is 0 Å². The maximum atomic E-state index is 5.91. The lowest BCUT2D eigenvalue weighted by molar-refractivity contribution is 0.195. The highest BCUT2D eigenvalue weighted by Gasteiger charge is 2.15. The molecule has 0 radical (unpaired) electrons. The minimum absolute atomic E-state index is 0.407. The molecule has 2 rings (SSSR count). The first-order valence-corrected chi connectivity index (χ1v) is 5.72. The smallest absolute Gasteiger partial charge is 0.0668 e. The van der Waals surface area contributed by atoms with E-state index in [4.69, 9.17) is 16.3 Å². The fourth-order valence-corrected chi connectivity index (χ4v) is 2.01. The molecule has 1 aromatic carbocycles. The average Bonchev–Trinajstić information content (AvgIpc) is 2.64. The number of hydrogen-bond acceptors (Lipinski definition) is 2. The van der Waals surface area contributed by atoms with E-state index < -0.39 is 0 Å². The number of nitrogens with one attached hydrogen (secondary N) is 1. The quantitative estimate of drug-likeness (QED) is 0.895. The van der Waals surface area contributed by atoms with Crippen LogP contribution in [0.1, 0.15) is 6.42 Å². The van der Waals surface area contributed by atoms with Gasteiger partial charge in [-0.25, -0.2) is 0 Å². The molecule has 1 heterocycles. The Morgan fingerprint density at radius 3 is 3.07 bits per heavy atom. The van der Waals surface area contributed by atoms with Gasteiger partial charge in [-0.1, -0.05) is 11.6 Å². The fourth-order valence-electron chi connectivity index (χ4n) is 1.48. The monoisotopic (exact) mass is 275 g/mol. The molecule has 1 unspecified atom stereocenters. The van der Waals surface area contributed by atoms with Crippen LogP contribution in [-0.2, 0) is 4.74 Å². The molecule has 76 valence electrons. The van der Waals surface area contributed by atoms with Crippen LogP contribution in [0.3, 0.4) is 0 Å². The largest absolute Gasteiger partial charge is 0.379 e. The maximum absolute atomic E-state index is 5.91. The topological polar surface area (TPSA) is 21.3 Å². The lowest BCUT2D eigenvalue weighted by Crippen LogP contribution is -2.19. The highest BCUT2D eigenvalue weighted by atomic mass is 79.9. The SMILES string of the molecule is Clc1ccc(Br)c(NC2CCOC2)c1. The van der Waals surface area contributed by atoms with Crippen molar-refractivity contribution in [3.8, 4) is 0 Å². The second-order valence-corrected chi connectivity index (χ2v) is 4.62. The van der Waals surface area contributed by atoms with E-state index >= 15 is 0 Å². The molecule has 0 bridgehead atoms. The van der Waals surface area contributed by atoms with Crippen molar-refractivity contribution < 1.29 is 4.74 Å². The summed E-state index contributed by atoms with van der Waals surface area (Å²) < 4.78 is 6.32. The van der Waals surface area contributed by atoms with Gasteiger partial charge in [-0.3, -0.25) is 0 Å². The molecule has 0 saturated carbocycles. The molecule has 0 spiro atoms. The van der Waals surface area contributed by atoms with Crippen molar-refractivity contribution >= 4 is 33.2 Å². The molecular weight excluding hydrogens is 265 g/mol. The molecule has 0 aliphatic carbocycles. The first kappa shape index (κ1) is 10.3. The Labute approximate surface area is 96.7 Å². The molecule has 1 aliphatic heterocycles. The maximum Gasteiger partial charge on any atom is 0.0668 e. The lowest BCUT2D eigenvalue weighted by Gasteiger charge is -2.13. The molecule has 2 nitrogen and oxygen atoms in total. The van der Waals surface area contributed by atoms with Crippen LogP contribution in [0.15, 0.2) is 22.7 Å². The molecule has 1 N–H and O–H groups in total. The van der Waals surface area contributed by atoms with E-state index in [0.29, 0.717) is 6.04 Å². The second kappa shape index (κ2) is 4.51. The summed E-state index contributed by atoms with van der Waals surface area (Å²) >= 11 is 9.39. The van der Waals surface area contributed by atoms with E-state index in [9.17, 15) is 0 Å². The lowest BCUT2D eigenvalue weighted by atomic mass is 10.2. The predicted octanol–water partition coefficient (Wildman–Crippen LogP) is 3.30. The molecule has 1 saturated heterocycles. The van der Waals surface area contributed by atoms with Crippen molar-refractivity contribution in [2.75, 3.05) is 18.5 Å². The van der Waals surface area contributed by atoms with Gasteiger partial charge in [0.2, 0.25) is 0 Å². The normalized spacial score (nSPS) is 21.1. The summed E-state index contributed by atoms with van der Waals surface area (Å²) in [6.07, 6.45) is 1.05. The van der Waals surface area contributed by atoms with Gasteiger partial charge in [-0.05, 0) is 40.5 Å². The molecule has 4 heteroatoms. The Kier molecular flexibility index (Phi) is 3.31. The van der Waals surface area contributed by atoms with Crippen LogP contribution in [-0.4, -0.2) is 19.3 Å². The summed E-state index contributed by atoms with van der Waals surface area (Å²) in [5.41, 5.74) is 1.04. The van der Waals surface area contributed by atoms with Crippen molar-refractivity contribution in [1.82, 2.24) is 0 Å². The van der Waals surface area contributed by atoms with E-state index in [-0.39, 0.29) is 0 Å². The van der Waals surface area contributed by atoms with Gasteiger partial charge < -0.3 is 10.1 Å². The Bertz CT molecular complexity index is 326. The average molecular weight is 277 g/mol. The van der Waals surface area contributed by atoms with Crippen LogP contribution in [0.5, 0.6) is 0 Å². The summed E-state index contributed by atoms with van der Waals surface area (Å²) in [6, 6.07) is 6.14. The van der Waals surface area contributed by atoms with E-state index in [0.717, 1.165) is 34.8 Å². The molecular formula is C10H11BrClNO. The summed E-state index contributed by atoms with van der Waals surface area (Å²) in [4.78, 5) is 0. The van der Waals surface area contributed by atoms with Crippen molar-refractivity contribution in [2.45, 2.75) is 12.5 Å². The predicted molar refractivity (Wildman–Crippen MR) is 62.0 cm³/mol. The molecule has 1 fully saturated rings. The van der Waals surface area contributed by atoms with Crippen LogP contribution in [0, 0.1) is 0 Å². The van der Waals surface area contributed by atoms with Gasteiger partial charge >= 0.3 is 0 Å². The Morgan fingerprint density at radius 2 is 2.36 bits per heavy atom. The van der Waals surface area contributed by atoms with Crippen molar-refractivity contribution in [1.29, 1.82) is 0 Å². The molecule has 0 aromatic heterocycles. The number of rotatable bonds is 2. The third-order valence-corrected chi connectivity index (χ3v) is 3.14. The van der Waals surface area contributed by atoms with Gasteiger partial charge in [0, 0.05) is 16.1 Å². The van der Waals surface area contributed by atoms with E-state index in [2.05, 4.69) is 21.2 Å². The molecule has 1 atom stereocenters. The van der Waals surface area contributed by atoms with Gasteiger partial charge in [0.05, 0.1) is 18.3 Å². The van der Waals surface area contributed by atoms with Gasteiger partial charge in [-0.2, -0.15) is 0 Å². The summed E-state index contributed by atoms with van der Waals surface area (Å²) in [7, 11) is 0. The van der Waals surface area contributed by atoms with Crippen molar-refractivity contribution in [3.05, 3.63) is 27.7 Å². The Hall–Kier alpha value is -0.250. The van der Waals surface area contributed by atoms with Crippen molar-refractivity contribution in [2.24, 2.45) is 0 Å². The van der Waals surface area contributed by atoms with Gasteiger partial charge in [0.25, 0.3) is 0 Å². The minimum atomic E-state index is 0.407. The Morgan fingerprint density at radius 1 is 1.50 bits per heavy atom. The van der Waals surface area contributed by atoms with Crippen molar-refractivity contribution in [3.63, 3.8) is 0 Å². The number of ether oxygens (including phenoxy) is 1. The Balaban J connectivity index is 2.10. The van der Waals surface area contributed by atoms with Crippen LogP contribution in [0.2, 0.25) is 5.02 Å². The zero-order valence-electron chi connectivity index (χ0n) is 7.59. The fraction of sp³-hybridized carbons (Fsp3) is 0.400. The first-order chi connectivity index (χ1) is 6.75. The summed E-state index contributed by atoms with van der Waals surface area (Å²) in [6.45, 7) is 1.62. The van der Waals surface area contributed by atoms with E-state index in [1.807, 2.05) is 18.2 Å². The zero-order chi connectivity index (χ0) is 9.97. The van der Waals surface area contributed by atoms with Crippen LogP contribution < -0.4 is 5.32 Å². The second-order valence-electron chi connectivity index (χ2n) is 3.33. The number of hydrogen-bond donors (Lipinski definition) is 1. The van der Waals surface area contributed by atoms with E-state index in [1.165, 1.54) is 0 Å². The summed E-state index contributed by atoms with van der Waals surface area (Å²) in [5.74, 6) is 0. The highest BCUT2D eigenvalue weighted by Crippen LogP contribution is 2.27. The van der Waals surface area contributed by atoms with Crippen LogP contribution in [0.4, 0.5) is 5.69 Å². The van der Waals surface area contributed by atoms with Crippen LogP contribution >= 0.6 is 27.5 Å². The summed E-state index contributed by atoms with van der Waals surface area (Å²) in [5, 5.41) is 4.14. The number of benzene rings is 1. The first-order valence-electron chi connectivity index (χ1n) is 4.55. The molecule has 14 heavy (non-hydrogen) atoms. The number of anilines is 1. The minimum Gasteiger partial charge on any atom is -0.379 e. The number of halogens is 2. The molecule has 0 amide bonds.